The van der Waals surface area contributed by atoms with Crippen molar-refractivity contribution in [2.45, 2.75) is 45.2 Å². The molecule has 0 aromatic carbocycles. The molecule has 0 spiro atoms. The van der Waals surface area contributed by atoms with E-state index in [1.54, 1.807) is 18.3 Å². The molecule has 8 heteroatoms. The zero-order valence-corrected chi connectivity index (χ0v) is 17.4. The van der Waals surface area contributed by atoms with Crippen LogP contribution in [0.4, 0.5) is 0 Å². The van der Waals surface area contributed by atoms with Gasteiger partial charge in [0.25, 0.3) is 0 Å². The van der Waals surface area contributed by atoms with Gasteiger partial charge in [-0.1, -0.05) is 6.07 Å². The number of nitrogens with zero attached hydrogens (tertiary/aromatic N) is 4. The van der Waals surface area contributed by atoms with Gasteiger partial charge < -0.3 is 10.2 Å². The first-order chi connectivity index (χ1) is 13.7. The summed E-state index contributed by atoms with van der Waals surface area (Å²) >= 11 is 0. The Bertz CT molecular complexity index is 815. The van der Waals surface area contributed by atoms with E-state index in [1.807, 2.05) is 11.0 Å². The molecule has 0 saturated carbocycles. The molecule has 4 heterocycles. The number of carbonyl (C=O) groups is 2. The molecule has 1 saturated heterocycles. The van der Waals surface area contributed by atoms with Gasteiger partial charge in [-0.25, -0.2) is 0 Å². The smallest absolute Gasteiger partial charge is 0.222 e. The van der Waals surface area contributed by atoms with E-state index in [2.05, 4.69) is 26.1 Å². The van der Waals surface area contributed by atoms with E-state index in [9.17, 15) is 9.59 Å². The number of likely N-dealkylation sites (tertiary alicyclic amines) is 1. The summed E-state index contributed by atoms with van der Waals surface area (Å²) in [6.07, 6.45) is 5.48. The first-order valence-electron chi connectivity index (χ1n) is 10.2. The van der Waals surface area contributed by atoms with Crippen LogP contribution < -0.4 is 5.32 Å². The Kier molecular flexibility index (Phi) is 7.39. The molecule has 0 radical (unpaired) electrons. The van der Waals surface area contributed by atoms with Crippen molar-refractivity contribution in [3.05, 3.63) is 47.5 Å². The average Bonchev–Trinajstić information content (AvgIpc) is 3.01. The lowest BCUT2D eigenvalue weighted by Crippen LogP contribution is -2.42. The molecule has 0 aliphatic carbocycles. The fourth-order valence-electron chi connectivity index (χ4n) is 4.07. The number of halogens is 1. The third-order valence-corrected chi connectivity index (χ3v) is 5.60. The molecule has 1 atom stereocenters. The van der Waals surface area contributed by atoms with Gasteiger partial charge in [-0.05, 0) is 44.0 Å². The molecule has 1 amide bonds. The fraction of sp³-hybridized carbons (Fsp3) is 0.524. The van der Waals surface area contributed by atoms with Crippen molar-refractivity contribution in [2.75, 3.05) is 19.6 Å². The summed E-state index contributed by atoms with van der Waals surface area (Å²) in [4.78, 5) is 31.4. The van der Waals surface area contributed by atoms with Crippen LogP contribution in [0.25, 0.3) is 0 Å². The van der Waals surface area contributed by atoms with Crippen LogP contribution in [0, 0.1) is 5.92 Å². The summed E-state index contributed by atoms with van der Waals surface area (Å²) in [6, 6.07) is 7.49. The molecule has 1 unspecified atom stereocenters. The normalized spacial score (nSPS) is 19.0. The quantitative estimate of drug-likeness (QED) is 0.754. The lowest BCUT2D eigenvalue weighted by atomic mass is 9.91. The van der Waals surface area contributed by atoms with Crippen LogP contribution in [-0.2, 0) is 24.3 Å². The van der Waals surface area contributed by atoms with E-state index >= 15 is 0 Å². The zero-order valence-electron chi connectivity index (χ0n) is 16.5. The van der Waals surface area contributed by atoms with Crippen LogP contribution in [0.2, 0.25) is 0 Å². The van der Waals surface area contributed by atoms with Crippen molar-refractivity contribution in [1.82, 2.24) is 25.0 Å². The van der Waals surface area contributed by atoms with Crippen LogP contribution >= 0.6 is 12.4 Å². The topological polar surface area (TPSA) is 80.1 Å². The average molecular weight is 418 g/mol. The highest BCUT2D eigenvalue weighted by atomic mass is 35.5. The van der Waals surface area contributed by atoms with Gasteiger partial charge in [0.2, 0.25) is 5.91 Å². The molecule has 4 rings (SSSR count). The zero-order chi connectivity index (χ0) is 19.3. The van der Waals surface area contributed by atoms with Crippen molar-refractivity contribution in [2.24, 2.45) is 5.92 Å². The number of aromatic nitrogens is 3. The monoisotopic (exact) mass is 417 g/mol. The summed E-state index contributed by atoms with van der Waals surface area (Å²) < 4.78 is 2.06. The van der Waals surface area contributed by atoms with Crippen LogP contribution in [0.5, 0.6) is 0 Å². The Morgan fingerprint density at radius 1 is 1.21 bits per heavy atom. The Labute approximate surface area is 177 Å². The number of carbonyl (C=O) groups excluding carboxylic acids is 2. The fourth-order valence-corrected chi connectivity index (χ4v) is 4.07. The minimum absolute atomic E-state index is 0. The maximum Gasteiger partial charge on any atom is 0.222 e. The number of hydrogen-bond donors (Lipinski definition) is 1. The second-order valence-electron chi connectivity index (χ2n) is 7.64. The number of ketones is 1. The van der Waals surface area contributed by atoms with E-state index in [0.29, 0.717) is 25.1 Å². The minimum Gasteiger partial charge on any atom is -0.342 e. The van der Waals surface area contributed by atoms with E-state index in [1.165, 1.54) is 5.69 Å². The van der Waals surface area contributed by atoms with Crippen LogP contribution in [0.1, 0.15) is 47.6 Å². The van der Waals surface area contributed by atoms with Gasteiger partial charge in [-0.3, -0.25) is 19.3 Å². The van der Waals surface area contributed by atoms with Crippen LogP contribution in [0.3, 0.4) is 0 Å². The van der Waals surface area contributed by atoms with E-state index < -0.39 is 0 Å². The highest BCUT2D eigenvalue weighted by Gasteiger charge is 2.29. The Hall–Kier alpha value is -2.25. The Balaban J connectivity index is 0.00000240. The van der Waals surface area contributed by atoms with Gasteiger partial charge in [0, 0.05) is 51.1 Å². The summed E-state index contributed by atoms with van der Waals surface area (Å²) in [7, 11) is 0. The first-order valence-corrected chi connectivity index (χ1v) is 10.2. The lowest BCUT2D eigenvalue weighted by molar-refractivity contribution is -0.132. The SMILES string of the molecule is Cl.O=C(c1ccccn1)C1CCCN(C(=O)CCc2cc3n(n2)CCCNC3)C1. The van der Waals surface area contributed by atoms with E-state index in [-0.39, 0.29) is 30.0 Å². The Morgan fingerprint density at radius 3 is 2.93 bits per heavy atom. The van der Waals surface area contributed by atoms with Gasteiger partial charge in [-0.2, -0.15) is 5.10 Å². The van der Waals surface area contributed by atoms with Crippen LogP contribution in [0.15, 0.2) is 30.5 Å². The maximum atomic E-state index is 12.7. The van der Waals surface area contributed by atoms with Crippen molar-refractivity contribution in [1.29, 1.82) is 0 Å². The van der Waals surface area contributed by atoms with E-state index in [0.717, 1.165) is 51.1 Å². The molecule has 1 N–H and O–H groups in total. The first kappa shape index (κ1) is 21.5. The van der Waals surface area contributed by atoms with Crippen molar-refractivity contribution in [3.8, 4) is 0 Å². The second kappa shape index (κ2) is 9.98. The molecule has 156 valence electrons. The number of Topliss-reactive ketones (excluding diaryl/α,β-unsaturated/α-hetero) is 1. The van der Waals surface area contributed by atoms with Gasteiger partial charge >= 0.3 is 0 Å². The highest BCUT2D eigenvalue weighted by Crippen LogP contribution is 2.21. The van der Waals surface area contributed by atoms with Gasteiger partial charge in [-0.15, -0.1) is 12.4 Å². The molecule has 2 aromatic heterocycles. The van der Waals surface area contributed by atoms with Crippen LogP contribution in [-0.4, -0.2) is 51.0 Å². The summed E-state index contributed by atoms with van der Waals surface area (Å²) in [5.41, 5.74) is 2.67. The third-order valence-electron chi connectivity index (χ3n) is 5.60. The summed E-state index contributed by atoms with van der Waals surface area (Å²) in [5.74, 6) is 0.00521. The molecule has 7 nitrogen and oxygen atoms in total. The predicted molar refractivity (Wildman–Crippen MR) is 112 cm³/mol. The number of nitrogens with one attached hydrogen (secondary N) is 1. The number of fused-ring (bicyclic) bond motifs is 1. The third kappa shape index (κ3) is 5.22. The second-order valence-corrected chi connectivity index (χ2v) is 7.64. The van der Waals surface area contributed by atoms with Gasteiger partial charge in [0.1, 0.15) is 5.69 Å². The number of piperidine rings is 1. The van der Waals surface area contributed by atoms with Crippen molar-refractivity contribution < 1.29 is 9.59 Å². The molecule has 2 aliphatic rings. The molecule has 1 fully saturated rings. The van der Waals surface area contributed by atoms with E-state index in [4.69, 9.17) is 0 Å². The molecule has 2 aromatic rings. The highest BCUT2D eigenvalue weighted by molar-refractivity contribution is 5.96. The summed E-state index contributed by atoms with van der Waals surface area (Å²) in [6.45, 7) is 4.01. The lowest BCUT2D eigenvalue weighted by Gasteiger charge is -2.32. The van der Waals surface area contributed by atoms with Gasteiger partial charge in [0.05, 0.1) is 11.4 Å². The minimum atomic E-state index is -0.151. The Morgan fingerprint density at radius 2 is 2.10 bits per heavy atom. The molecule has 0 bridgehead atoms. The van der Waals surface area contributed by atoms with Crippen molar-refractivity contribution in [3.63, 3.8) is 0 Å². The van der Waals surface area contributed by atoms with Gasteiger partial charge in [0.15, 0.2) is 5.78 Å². The number of aryl methyl sites for hydroxylation is 2. The molecule has 2 aliphatic heterocycles. The molecular weight excluding hydrogens is 390 g/mol. The number of hydrogen-bond acceptors (Lipinski definition) is 5. The largest absolute Gasteiger partial charge is 0.342 e. The summed E-state index contributed by atoms with van der Waals surface area (Å²) in [5, 5.41) is 8.04. The molecular formula is C21H28ClN5O2. The standard InChI is InChI=1S/C21H27N5O2.ClH/c27-20(8-7-17-13-18-14-22-9-4-12-26(18)24-17)25-11-3-5-16(15-25)21(28)19-6-1-2-10-23-19;/h1-2,6,10,13,16,22H,3-5,7-9,11-12,14-15H2;1H. The van der Waals surface area contributed by atoms with Crippen molar-refractivity contribution >= 4 is 24.1 Å². The maximum absolute atomic E-state index is 12.7. The number of amides is 1. The number of pyridine rings is 1. The predicted octanol–water partition coefficient (Wildman–Crippen LogP) is 2.25. The molecule has 29 heavy (non-hydrogen) atoms. The number of rotatable bonds is 5.